The van der Waals surface area contributed by atoms with Crippen LogP contribution in [0.4, 0.5) is 4.79 Å². The van der Waals surface area contributed by atoms with Gasteiger partial charge in [-0.1, -0.05) is 27.7 Å². The Morgan fingerprint density at radius 1 is 1.33 bits per heavy atom. The Kier molecular flexibility index (Phi) is 4.24. The number of urea groups is 1. The van der Waals surface area contributed by atoms with Gasteiger partial charge >= 0.3 is 12.0 Å². The molecular formula is C13H24N2O3. The number of rotatable bonds is 5. The van der Waals surface area contributed by atoms with Crippen molar-refractivity contribution in [3.8, 4) is 0 Å². The second-order valence-corrected chi connectivity index (χ2v) is 6.19. The third kappa shape index (κ3) is 3.15. The molecule has 1 saturated carbocycles. The van der Waals surface area contributed by atoms with Gasteiger partial charge in [0.15, 0.2) is 0 Å². The molecule has 104 valence electrons. The van der Waals surface area contributed by atoms with Gasteiger partial charge in [0.25, 0.3) is 0 Å². The molecule has 18 heavy (non-hydrogen) atoms. The van der Waals surface area contributed by atoms with E-state index < -0.39 is 11.5 Å². The summed E-state index contributed by atoms with van der Waals surface area (Å²) in [6.45, 7) is 8.89. The monoisotopic (exact) mass is 256 g/mol. The first-order valence-corrected chi connectivity index (χ1v) is 6.49. The van der Waals surface area contributed by atoms with Gasteiger partial charge < -0.3 is 15.7 Å². The molecule has 1 aliphatic rings. The lowest BCUT2D eigenvalue weighted by molar-refractivity contribution is -0.148. The first kappa shape index (κ1) is 14.8. The summed E-state index contributed by atoms with van der Waals surface area (Å²) in [4.78, 5) is 22.8. The lowest BCUT2D eigenvalue weighted by Gasteiger charge is -2.38. The van der Waals surface area contributed by atoms with Crippen LogP contribution in [-0.4, -0.2) is 29.2 Å². The Hall–Kier alpha value is -1.26. The third-order valence-electron chi connectivity index (χ3n) is 4.24. The standard InChI is InChI=1S/C13H24N2O3/c1-9(2)12(3,4)8-14-11(18)15-13(10(16)17)6-5-7-13/h9H,5-8H2,1-4H3,(H,16,17)(H2,14,15,18). The Bertz CT molecular complexity index is 333. The maximum Gasteiger partial charge on any atom is 0.329 e. The molecule has 1 aliphatic carbocycles. The molecule has 0 aromatic rings. The van der Waals surface area contributed by atoms with Gasteiger partial charge in [0.1, 0.15) is 5.54 Å². The minimum Gasteiger partial charge on any atom is -0.480 e. The number of carbonyl (C=O) groups is 2. The molecule has 0 radical (unpaired) electrons. The predicted molar refractivity (Wildman–Crippen MR) is 69.4 cm³/mol. The first-order valence-electron chi connectivity index (χ1n) is 6.49. The summed E-state index contributed by atoms with van der Waals surface area (Å²) in [7, 11) is 0. The van der Waals surface area contributed by atoms with Crippen molar-refractivity contribution >= 4 is 12.0 Å². The summed E-state index contributed by atoms with van der Waals surface area (Å²) in [5, 5.41) is 14.5. The van der Waals surface area contributed by atoms with Gasteiger partial charge in [0.05, 0.1) is 0 Å². The summed E-state index contributed by atoms with van der Waals surface area (Å²) < 4.78 is 0. The summed E-state index contributed by atoms with van der Waals surface area (Å²) in [5.41, 5.74) is -1.04. The van der Waals surface area contributed by atoms with Crippen molar-refractivity contribution in [1.82, 2.24) is 10.6 Å². The largest absolute Gasteiger partial charge is 0.480 e. The fourth-order valence-electron chi connectivity index (χ4n) is 1.70. The Morgan fingerprint density at radius 3 is 2.22 bits per heavy atom. The van der Waals surface area contributed by atoms with E-state index in [1.54, 1.807) is 0 Å². The smallest absolute Gasteiger partial charge is 0.329 e. The molecule has 0 atom stereocenters. The highest BCUT2D eigenvalue weighted by Gasteiger charge is 2.45. The molecular weight excluding hydrogens is 232 g/mol. The summed E-state index contributed by atoms with van der Waals surface area (Å²) in [6.07, 6.45) is 1.89. The van der Waals surface area contributed by atoms with Gasteiger partial charge in [-0.25, -0.2) is 9.59 Å². The number of carboxylic acids is 1. The number of hydrogen-bond donors (Lipinski definition) is 3. The summed E-state index contributed by atoms with van der Waals surface area (Å²) in [5.74, 6) is -0.498. The first-order chi connectivity index (χ1) is 8.19. The van der Waals surface area contributed by atoms with Gasteiger partial charge in [-0.3, -0.25) is 0 Å². The Balaban J connectivity index is 2.45. The van der Waals surface area contributed by atoms with Crippen molar-refractivity contribution in [1.29, 1.82) is 0 Å². The van der Waals surface area contributed by atoms with E-state index in [1.807, 2.05) is 0 Å². The van der Waals surface area contributed by atoms with E-state index in [2.05, 4.69) is 38.3 Å². The molecule has 0 aliphatic heterocycles. The maximum atomic E-state index is 11.7. The highest BCUT2D eigenvalue weighted by Crippen LogP contribution is 2.32. The minimum absolute atomic E-state index is 0.00661. The fourth-order valence-corrected chi connectivity index (χ4v) is 1.70. The number of hydrogen-bond acceptors (Lipinski definition) is 2. The Labute approximate surface area is 108 Å². The number of aliphatic carboxylic acids is 1. The van der Waals surface area contributed by atoms with Crippen LogP contribution >= 0.6 is 0 Å². The topological polar surface area (TPSA) is 78.4 Å². The van der Waals surface area contributed by atoms with Crippen molar-refractivity contribution in [2.75, 3.05) is 6.54 Å². The molecule has 2 amide bonds. The van der Waals surface area contributed by atoms with Gasteiger partial charge in [0, 0.05) is 6.54 Å². The van der Waals surface area contributed by atoms with Crippen molar-refractivity contribution in [3.63, 3.8) is 0 Å². The van der Waals surface area contributed by atoms with Gasteiger partial charge in [0.2, 0.25) is 0 Å². The van der Waals surface area contributed by atoms with E-state index in [0.29, 0.717) is 25.3 Å². The van der Waals surface area contributed by atoms with Gasteiger partial charge in [-0.05, 0) is 30.6 Å². The summed E-state index contributed by atoms with van der Waals surface area (Å²) >= 11 is 0. The van der Waals surface area contributed by atoms with E-state index in [4.69, 9.17) is 5.11 Å². The SMILES string of the molecule is CC(C)C(C)(C)CNC(=O)NC1(C(=O)O)CCC1. The Morgan fingerprint density at radius 2 is 1.89 bits per heavy atom. The lowest BCUT2D eigenvalue weighted by atomic mass is 9.77. The van der Waals surface area contributed by atoms with Crippen LogP contribution in [-0.2, 0) is 4.79 Å². The number of carboxylic acid groups (broad SMARTS) is 1. The minimum atomic E-state index is -1.04. The molecule has 0 heterocycles. The van der Waals surface area contributed by atoms with Crippen molar-refractivity contribution in [2.24, 2.45) is 11.3 Å². The zero-order chi connectivity index (χ0) is 14.0. The van der Waals surface area contributed by atoms with Crippen LogP contribution in [0.3, 0.4) is 0 Å². The van der Waals surface area contributed by atoms with Crippen LogP contribution in [0.1, 0.15) is 47.0 Å². The van der Waals surface area contributed by atoms with Crippen LogP contribution in [0.2, 0.25) is 0 Å². The highest BCUT2D eigenvalue weighted by atomic mass is 16.4. The molecule has 0 saturated heterocycles. The molecule has 3 N–H and O–H groups in total. The molecule has 5 heteroatoms. The van der Waals surface area contributed by atoms with E-state index >= 15 is 0 Å². The van der Waals surface area contributed by atoms with Crippen molar-refractivity contribution < 1.29 is 14.7 Å². The maximum absolute atomic E-state index is 11.7. The number of nitrogens with one attached hydrogen (secondary N) is 2. The van der Waals surface area contributed by atoms with Crippen LogP contribution < -0.4 is 10.6 Å². The average molecular weight is 256 g/mol. The fraction of sp³-hybridized carbons (Fsp3) is 0.846. The molecule has 0 bridgehead atoms. The molecule has 0 aromatic carbocycles. The van der Waals surface area contributed by atoms with Crippen LogP contribution in [0.15, 0.2) is 0 Å². The molecule has 0 spiro atoms. The van der Waals surface area contributed by atoms with Crippen LogP contribution in [0, 0.1) is 11.3 Å². The van der Waals surface area contributed by atoms with E-state index in [0.717, 1.165) is 6.42 Å². The number of amides is 2. The predicted octanol–water partition coefficient (Wildman–Crippen LogP) is 1.98. The van der Waals surface area contributed by atoms with E-state index in [-0.39, 0.29) is 11.4 Å². The normalized spacial score (nSPS) is 18.1. The molecule has 1 rings (SSSR count). The lowest BCUT2D eigenvalue weighted by Crippen LogP contribution is -2.61. The molecule has 0 unspecified atom stereocenters. The number of carbonyl (C=O) groups excluding carboxylic acids is 1. The second kappa shape index (κ2) is 5.16. The van der Waals surface area contributed by atoms with E-state index in [1.165, 1.54) is 0 Å². The zero-order valence-electron chi connectivity index (χ0n) is 11.7. The van der Waals surface area contributed by atoms with E-state index in [9.17, 15) is 9.59 Å². The highest BCUT2D eigenvalue weighted by molar-refractivity contribution is 5.87. The van der Waals surface area contributed by atoms with Crippen LogP contribution in [0.5, 0.6) is 0 Å². The quantitative estimate of drug-likeness (QED) is 0.703. The zero-order valence-corrected chi connectivity index (χ0v) is 11.7. The average Bonchev–Trinajstić information content (AvgIpc) is 2.20. The van der Waals surface area contributed by atoms with Crippen molar-refractivity contribution in [3.05, 3.63) is 0 Å². The molecule has 1 fully saturated rings. The van der Waals surface area contributed by atoms with Crippen molar-refractivity contribution in [2.45, 2.75) is 52.5 Å². The molecule has 5 nitrogen and oxygen atoms in total. The van der Waals surface area contributed by atoms with Gasteiger partial charge in [-0.15, -0.1) is 0 Å². The third-order valence-corrected chi connectivity index (χ3v) is 4.24. The second-order valence-electron chi connectivity index (χ2n) is 6.19. The summed E-state index contributed by atoms with van der Waals surface area (Å²) in [6, 6.07) is -0.383. The van der Waals surface area contributed by atoms with Crippen LogP contribution in [0.25, 0.3) is 0 Å². The van der Waals surface area contributed by atoms with Gasteiger partial charge in [-0.2, -0.15) is 0 Å². The molecule has 0 aromatic heterocycles.